The number of carbonyl (C=O) groups excluding carboxylic acids is 2. The maximum Gasteiger partial charge on any atom is 0.249 e. The summed E-state index contributed by atoms with van der Waals surface area (Å²) in [7, 11) is 1.84. The molecule has 2 amide bonds. The number of aromatic nitrogens is 2. The number of hydrogen-bond acceptors (Lipinski definition) is 3. The van der Waals surface area contributed by atoms with Gasteiger partial charge in [0.25, 0.3) is 0 Å². The summed E-state index contributed by atoms with van der Waals surface area (Å²) in [6, 6.07) is 0. The minimum Gasteiger partial charge on any atom is -0.340 e. The molecule has 1 aromatic rings. The minimum atomic E-state index is -0.627. The van der Waals surface area contributed by atoms with Crippen molar-refractivity contribution in [3.63, 3.8) is 0 Å². The highest BCUT2D eigenvalue weighted by Crippen LogP contribution is 2.33. The Morgan fingerprint density at radius 2 is 2.11 bits per heavy atom. The number of amides is 2. The molecule has 3 rings (SSSR count). The van der Waals surface area contributed by atoms with Gasteiger partial charge in [-0.1, -0.05) is 12.8 Å². The fourth-order valence-corrected chi connectivity index (χ4v) is 3.13. The van der Waals surface area contributed by atoms with E-state index in [0.29, 0.717) is 6.54 Å². The molecule has 6 nitrogen and oxygen atoms in total. The summed E-state index contributed by atoms with van der Waals surface area (Å²) >= 11 is 0. The van der Waals surface area contributed by atoms with E-state index in [2.05, 4.69) is 10.4 Å². The molecule has 2 fully saturated rings. The molecule has 0 aromatic carbocycles. The van der Waals surface area contributed by atoms with Gasteiger partial charge in [0.15, 0.2) is 0 Å². The van der Waals surface area contributed by atoms with Crippen LogP contribution >= 0.6 is 0 Å². The fraction of sp³-hybridized carbons (Fsp3) is 0.615. The third-order valence-corrected chi connectivity index (χ3v) is 4.00. The first-order valence-corrected chi connectivity index (χ1v) is 6.67. The summed E-state index contributed by atoms with van der Waals surface area (Å²) in [5.74, 6) is 0.0128. The van der Waals surface area contributed by atoms with Gasteiger partial charge in [0.05, 0.1) is 12.7 Å². The molecule has 0 bridgehead atoms. The van der Waals surface area contributed by atoms with Crippen molar-refractivity contribution in [2.24, 2.45) is 7.05 Å². The third-order valence-electron chi connectivity index (χ3n) is 4.00. The smallest absolute Gasteiger partial charge is 0.249 e. The Labute approximate surface area is 111 Å². The largest absolute Gasteiger partial charge is 0.340 e. The van der Waals surface area contributed by atoms with Gasteiger partial charge in [0.2, 0.25) is 11.8 Å². The van der Waals surface area contributed by atoms with Gasteiger partial charge >= 0.3 is 0 Å². The van der Waals surface area contributed by atoms with Gasteiger partial charge in [-0.2, -0.15) is 5.10 Å². The van der Waals surface area contributed by atoms with Crippen LogP contribution in [-0.4, -0.2) is 38.6 Å². The molecule has 1 saturated heterocycles. The van der Waals surface area contributed by atoms with Crippen LogP contribution in [0.5, 0.6) is 0 Å². The summed E-state index contributed by atoms with van der Waals surface area (Å²) in [5, 5.41) is 7.00. The quantitative estimate of drug-likeness (QED) is 0.827. The van der Waals surface area contributed by atoms with Crippen molar-refractivity contribution in [1.82, 2.24) is 20.0 Å². The van der Waals surface area contributed by atoms with Crippen molar-refractivity contribution in [2.75, 3.05) is 6.54 Å². The third kappa shape index (κ3) is 2.11. The van der Waals surface area contributed by atoms with E-state index < -0.39 is 5.54 Å². The summed E-state index contributed by atoms with van der Waals surface area (Å²) in [6.07, 6.45) is 7.16. The van der Waals surface area contributed by atoms with Crippen LogP contribution in [0.15, 0.2) is 12.4 Å². The highest BCUT2D eigenvalue weighted by Gasteiger charge is 2.48. The zero-order valence-corrected chi connectivity index (χ0v) is 11.1. The van der Waals surface area contributed by atoms with Crippen LogP contribution in [0.2, 0.25) is 0 Å². The lowest BCUT2D eigenvalue weighted by molar-refractivity contribution is -0.150. The highest BCUT2D eigenvalue weighted by molar-refractivity contribution is 5.98. The predicted octanol–water partition coefficient (Wildman–Crippen LogP) is 0.191. The normalized spacial score (nSPS) is 22.1. The average molecular weight is 262 g/mol. The molecule has 2 aliphatic rings. The van der Waals surface area contributed by atoms with Crippen molar-refractivity contribution < 1.29 is 9.59 Å². The molecule has 1 spiro atoms. The zero-order valence-electron chi connectivity index (χ0n) is 11.1. The van der Waals surface area contributed by atoms with Gasteiger partial charge < -0.3 is 10.2 Å². The summed E-state index contributed by atoms with van der Waals surface area (Å²) in [6.45, 7) is 0.608. The fourth-order valence-electron chi connectivity index (χ4n) is 3.13. The van der Waals surface area contributed by atoms with E-state index in [-0.39, 0.29) is 18.4 Å². The van der Waals surface area contributed by atoms with Crippen LogP contribution in [0.25, 0.3) is 0 Å². The second kappa shape index (κ2) is 4.36. The van der Waals surface area contributed by atoms with Crippen LogP contribution in [0.3, 0.4) is 0 Å². The number of nitrogens with one attached hydrogen (secondary N) is 1. The first kappa shape index (κ1) is 12.2. The molecule has 6 heteroatoms. The molecule has 2 heterocycles. The molecule has 0 atom stereocenters. The molecule has 1 N–H and O–H groups in total. The number of hydrogen-bond donors (Lipinski definition) is 1. The number of piperazine rings is 1. The Morgan fingerprint density at radius 3 is 2.74 bits per heavy atom. The lowest BCUT2D eigenvalue weighted by atomic mass is 9.93. The second-order valence-corrected chi connectivity index (χ2v) is 5.52. The van der Waals surface area contributed by atoms with Crippen molar-refractivity contribution in [3.05, 3.63) is 18.0 Å². The molecule has 1 aliphatic heterocycles. The molecule has 1 aliphatic carbocycles. The van der Waals surface area contributed by atoms with E-state index in [1.54, 1.807) is 15.8 Å². The molecular weight excluding hydrogens is 244 g/mol. The number of rotatable bonds is 2. The monoisotopic (exact) mass is 262 g/mol. The van der Waals surface area contributed by atoms with Crippen LogP contribution in [0.1, 0.15) is 31.2 Å². The Morgan fingerprint density at radius 1 is 1.37 bits per heavy atom. The van der Waals surface area contributed by atoms with Gasteiger partial charge in [0.1, 0.15) is 5.54 Å². The van der Waals surface area contributed by atoms with Gasteiger partial charge in [0, 0.05) is 25.4 Å². The predicted molar refractivity (Wildman–Crippen MR) is 68.0 cm³/mol. The summed E-state index contributed by atoms with van der Waals surface area (Å²) in [5.41, 5.74) is 0.330. The average Bonchev–Trinajstić information content (AvgIpc) is 2.96. The van der Waals surface area contributed by atoms with Gasteiger partial charge in [-0.3, -0.25) is 14.3 Å². The number of aryl methyl sites for hydroxylation is 1. The van der Waals surface area contributed by atoms with E-state index in [9.17, 15) is 9.59 Å². The maximum absolute atomic E-state index is 12.6. The van der Waals surface area contributed by atoms with Gasteiger partial charge in [-0.15, -0.1) is 0 Å². The maximum atomic E-state index is 12.6. The highest BCUT2D eigenvalue weighted by atomic mass is 16.2. The van der Waals surface area contributed by atoms with Crippen molar-refractivity contribution >= 4 is 11.8 Å². The molecule has 102 valence electrons. The van der Waals surface area contributed by atoms with E-state index in [4.69, 9.17) is 0 Å². The Kier molecular flexibility index (Phi) is 2.80. The van der Waals surface area contributed by atoms with E-state index >= 15 is 0 Å². The minimum absolute atomic E-state index is 0.0506. The van der Waals surface area contributed by atoms with Gasteiger partial charge in [-0.25, -0.2) is 0 Å². The molecule has 0 radical (unpaired) electrons. The van der Waals surface area contributed by atoms with E-state index in [0.717, 1.165) is 31.2 Å². The molecule has 19 heavy (non-hydrogen) atoms. The molecule has 0 unspecified atom stereocenters. The zero-order chi connectivity index (χ0) is 13.5. The van der Waals surface area contributed by atoms with Crippen LogP contribution in [-0.2, 0) is 23.2 Å². The molecule has 1 aromatic heterocycles. The lowest BCUT2D eigenvalue weighted by Gasteiger charge is -2.39. The Balaban J connectivity index is 1.80. The van der Waals surface area contributed by atoms with E-state index in [1.807, 2.05) is 13.2 Å². The van der Waals surface area contributed by atoms with Crippen LogP contribution < -0.4 is 5.32 Å². The first-order valence-electron chi connectivity index (χ1n) is 6.67. The van der Waals surface area contributed by atoms with Crippen LogP contribution in [0, 0.1) is 0 Å². The Bertz CT molecular complexity index is 516. The second-order valence-electron chi connectivity index (χ2n) is 5.52. The standard InChI is InChI=1S/C13H18N4O2/c1-16-7-10(6-14-16)8-17-9-11(18)15-13(12(17)19)4-2-3-5-13/h6-7H,2-5,8-9H2,1H3,(H,15,18). The van der Waals surface area contributed by atoms with Gasteiger partial charge in [-0.05, 0) is 12.8 Å². The van der Waals surface area contributed by atoms with Crippen LogP contribution in [0.4, 0.5) is 0 Å². The lowest BCUT2D eigenvalue weighted by Crippen LogP contribution is -2.65. The van der Waals surface area contributed by atoms with Crippen molar-refractivity contribution in [3.8, 4) is 0 Å². The first-order chi connectivity index (χ1) is 9.09. The SMILES string of the molecule is Cn1cc(CN2CC(=O)NC3(CCCC3)C2=O)cn1. The number of nitrogens with zero attached hydrogens (tertiary/aromatic N) is 3. The number of carbonyl (C=O) groups is 2. The molecular formula is C13H18N4O2. The summed E-state index contributed by atoms with van der Waals surface area (Å²) in [4.78, 5) is 26.1. The molecule has 1 saturated carbocycles. The van der Waals surface area contributed by atoms with Crippen molar-refractivity contribution in [2.45, 2.75) is 37.8 Å². The Hall–Kier alpha value is -1.85. The summed E-state index contributed by atoms with van der Waals surface area (Å²) < 4.78 is 1.70. The van der Waals surface area contributed by atoms with E-state index in [1.165, 1.54) is 0 Å². The van der Waals surface area contributed by atoms with Crippen molar-refractivity contribution in [1.29, 1.82) is 0 Å². The topological polar surface area (TPSA) is 67.2 Å².